The fraction of sp³-hybridized carbons (Fsp3) is 0.200. The third kappa shape index (κ3) is 1.76. The van der Waals surface area contributed by atoms with E-state index >= 15 is 0 Å². The van der Waals surface area contributed by atoms with Gasteiger partial charge in [0, 0.05) is 0 Å². The molecular weight excluding hydrogens is 240 g/mol. The molecule has 0 aromatic heterocycles. The van der Waals surface area contributed by atoms with Crippen LogP contribution in [0.4, 0.5) is 0 Å². The summed E-state index contributed by atoms with van der Waals surface area (Å²) in [6.45, 7) is 10.5. The molecule has 2 aromatic rings. The SMILES string of the molecule is C=C1c2ccccc2-c2cc3c(cc21)C=C(C)C3.CC. The zero-order valence-electron chi connectivity index (χ0n) is 12.5. The lowest BCUT2D eigenvalue weighted by Gasteiger charge is -2.05. The first-order valence-electron chi connectivity index (χ1n) is 7.37. The van der Waals surface area contributed by atoms with Crippen molar-refractivity contribution in [3.8, 4) is 11.1 Å². The molecule has 0 heteroatoms. The molecule has 0 atom stereocenters. The van der Waals surface area contributed by atoms with Crippen molar-refractivity contribution in [2.75, 3.05) is 0 Å². The standard InChI is InChI=1S/C18H14.C2H6/c1-11-7-13-9-17-12(2)15-5-3-4-6-16(15)18(17)10-14(13)8-11;1-2/h3-7,9-10H,2,8H2,1H3;1-2H3. The molecule has 0 N–H and O–H groups in total. The van der Waals surface area contributed by atoms with Crippen LogP contribution < -0.4 is 0 Å². The van der Waals surface area contributed by atoms with Crippen LogP contribution in [0.3, 0.4) is 0 Å². The van der Waals surface area contributed by atoms with Gasteiger partial charge in [-0.2, -0.15) is 0 Å². The maximum atomic E-state index is 4.26. The van der Waals surface area contributed by atoms with Crippen molar-refractivity contribution < 1.29 is 0 Å². The number of allylic oxidation sites excluding steroid dienone is 1. The summed E-state index contributed by atoms with van der Waals surface area (Å²) < 4.78 is 0. The van der Waals surface area contributed by atoms with E-state index < -0.39 is 0 Å². The molecule has 2 aliphatic carbocycles. The second-order valence-corrected chi connectivity index (χ2v) is 5.29. The molecule has 0 nitrogen and oxygen atoms in total. The molecule has 0 bridgehead atoms. The highest BCUT2D eigenvalue weighted by Gasteiger charge is 2.24. The smallest absolute Gasteiger partial charge is 0.00604 e. The van der Waals surface area contributed by atoms with Gasteiger partial charge in [0.15, 0.2) is 0 Å². The van der Waals surface area contributed by atoms with E-state index in [1.807, 2.05) is 13.8 Å². The van der Waals surface area contributed by atoms with Crippen molar-refractivity contribution in [2.45, 2.75) is 27.2 Å². The predicted octanol–water partition coefficient (Wildman–Crippen LogP) is 5.71. The molecule has 0 saturated carbocycles. The summed E-state index contributed by atoms with van der Waals surface area (Å²) in [6.07, 6.45) is 3.39. The molecule has 0 fully saturated rings. The van der Waals surface area contributed by atoms with E-state index in [2.05, 4.69) is 56.0 Å². The first kappa shape index (κ1) is 12.9. The fourth-order valence-electron chi connectivity index (χ4n) is 3.16. The van der Waals surface area contributed by atoms with E-state index in [-0.39, 0.29) is 0 Å². The molecular formula is C20H20. The first-order chi connectivity index (χ1) is 9.74. The number of hydrogen-bond acceptors (Lipinski definition) is 0. The third-order valence-electron chi connectivity index (χ3n) is 4.02. The van der Waals surface area contributed by atoms with Gasteiger partial charge in [-0.05, 0) is 64.4 Å². The van der Waals surface area contributed by atoms with E-state index in [9.17, 15) is 0 Å². The Bertz CT molecular complexity index is 730. The van der Waals surface area contributed by atoms with Gasteiger partial charge in [0.1, 0.15) is 0 Å². The van der Waals surface area contributed by atoms with E-state index in [1.54, 1.807) is 0 Å². The van der Waals surface area contributed by atoms with Gasteiger partial charge in [-0.25, -0.2) is 0 Å². The summed E-state index contributed by atoms with van der Waals surface area (Å²) in [5, 5.41) is 0. The van der Waals surface area contributed by atoms with Crippen molar-refractivity contribution in [3.05, 3.63) is 70.8 Å². The molecule has 0 aliphatic heterocycles. The Morgan fingerprint density at radius 3 is 2.35 bits per heavy atom. The second-order valence-electron chi connectivity index (χ2n) is 5.29. The normalized spacial score (nSPS) is 13.9. The van der Waals surface area contributed by atoms with Gasteiger partial charge >= 0.3 is 0 Å². The summed E-state index contributed by atoms with van der Waals surface area (Å²) in [4.78, 5) is 0. The summed E-state index contributed by atoms with van der Waals surface area (Å²) in [6, 6.07) is 13.2. The average Bonchev–Trinajstić information content (AvgIpc) is 2.98. The van der Waals surface area contributed by atoms with Crippen LogP contribution in [0.2, 0.25) is 0 Å². The molecule has 100 valence electrons. The molecule has 4 rings (SSSR count). The van der Waals surface area contributed by atoms with Crippen molar-refractivity contribution in [1.82, 2.24) is 0 Å². The second kappa shape index (κ2) is 4.79. The third-order valence-corrected chi connectivity index (χ3v) is 4.02. The number of hydrogen-bond donors (Lipinski definition) is 0. The topological polar surface area (TPSA) is 0 Å². The van der Waals surface area contributed by atoms with Gasteiger partial charge in [-0.1, -0.05) is 56.3 Å². The van der Waals surface area contributed by atoms with Crippen molar-refractivity contribution in [1.29, 1.82) is 0 Å². The Morgan fingerprint density at radius 1 is 0.900 bits per heavy atom. The minimum Gasteiger partial charge on any atom is -0.0905 e. The van der Waals surface area contributed by atoms with Gasteiger partial charge in [0.25, 0.3) is 0 Å². The minimum absolute atomic E-state index is 1.09. The van der Waals surface area contributed by atoms with E-state index in [0.29, 0.717) is 0 Å². The van der Waals surface area contributed by atoms with Crippen molar-refractivity contribution in [2.24, 2.45) is 0 Å². The Hall–Kier alpha value is -2.08. The highest BCUT2D eigenvalue weighted by atomic mass is 14.3. The summed E-state index contributed by atoms with van der Waals surface area (Å²) in [7, 11) is 0. The Balaban J connectivity index is 0.000000581. The Labute approximate surface area is 121 Å². The maximum Gasteiger partial charge on any atom is -0.00604 e. The van der Waals surface area contributed by atoms with Crippen LogP contribution in [0, 0.1) is 0 Å². The lowest BCUT2D eigenvalue weighted by molar-refractivity contribution is 1.20. The van der Waals surface area contributed by atoms with Crippen LogP contribution in [0.5, 0.6) is 0 Å². The molecule has 0 heterocycles. The van der Waals surface area contributed by atoms with Crippen LogP contribution in [-0.2, 0) is 6.42 Å². The van der Waals surface area contributed by atoms with Gasteiger partial charge in [-0.15, -0.1) is 0 Å². The molecule has 0 saturated heterocycles. The van der Waals surface area contributed by atoms with Gasteiger partial charge < -0.3 is 0 Å². The molecule has 0 amide bonds. The van der Waals surface area contributed by atoms with Gasteiger partial charge in [-0.3, -0.25) is 0 Å². The van der Waals surface area contributed by atoms with Gasteiger partial charge in [0.05, 0.1) is 0 Å². The zero-order chi connectivity index (χ0) is 14.3. The van der Waals surface area contributed by atoms with Crippen LogP contribution >= 0.6 is 0 Å². The highest BCUT2D eigenvalue weighted by molar-refractivity contribution is 6.01. The van der Waals surface area contributed by atoms with Gasteiger partial charge in [0.2, 0.25) is 0 Å². The number of rotatable bonds is 0. The van der Waals surface area contributed by atoms with Crippen LogP contribution in [0.25, 0.3) is 22.8 Å². The highest BCUT2D eigenvalue weighted by Crippen LogP contribution is 2.45. The summed E-state index contributed by atoms with van der Waals surface area (Å²) >= 11 is 0. The number of fused-ring (bicyclic) bond motifs is 4. The fourth-order valence-corrected chi connectivity index (χ4v) is 3.16. The first-order valence-corrected chi connectivity index (χ1v) is 7.37. The molecule has 20 heavy (non-hydrogen) atoms. The van der Waals surface area contributed by atoms with Crippen LogP contribution in [-0.4, -0.2) is 0 Å². The Kier molecular flexibility index (Phi) is 3.10. The monoisotopic (exact) mass is 260 g/mol. The molecule has 2 aliphatic rings. The minimum atomic E-state index is 1.09. The molecule has 2 aromatic carbocycles. The van der Waals surface area contributed by atoms with E-state index in [0.717, 1.165) is 6.42 Å². The van der Waals surface area contributed by atoms with Crippen molar-refractivity contribution in [3.63, 3.8) is 0 Å². The van der Waals surface area contributed by atoms with Crippen LogP contribution in [0.15, 0.2) is 48.6 Å². The molecule has 0 unspecified atom stereocenters. The Morgan fingerprint density at radius 2 is 1.60 bits per heavy atom. The van der Waals surface area contributed by atoms with Crippen molar-refractivity contribution >= 4 is 11.6 Å². The predicted molar refractivity (Wildman–Crippen MR) is 88.7 cm³/mol. The molecule has 0 radical (unpaired) electrons. The average molecular weight is 260 g/mol. The lowest BCUT2D eigenvalue weighted by atomic mass is 9.98. The summed E-state index contributed by atoms with van der Waals surface area (Å²) in [5.41, 5.74) is 10.7. The summed E-state index contributed by atoms with van der Waals surface area (Å²) in [5.74, 6) is 0. The largest absolute Gasteiger partial charge is 0.0905 e. The quantitative estimate of drug-likeness (QED) is 0.485. The van der Waals surface area contributed by atoms with Crippen LogP contribution in [0.1, 0.15) is 43.0 Å². The molecule has 0 spiro atoms. The lowest BCUT2D eigenvalue weighted by Crippen LogP contribution is -1.87. The van der Waals surface area contributed by atoms with E-state index in [1.165, 1.54) is 44.5 Å². The maximum absolute atomic E-state index is 4.26. The zero-order valence-corrected chi connectivity index (χ0v) is 12.5. The van der Waals surface area contributed by atoms with E-state index in [4.69, 9.17) is 0 Å². The number of benzene rings is 2.